The molecule has 2 aromatic heterocycles. The highest BCUT2D eigenvalue weighted by atomic mass is 16.5. The van der Waals surface area contributed by atoms with Crippen molar-refractivity contribution in [1.29, 1.82) is 0 Å². The van der Waals surface area contributed by atoms with Crippen LogP contribution in [0.4, 0.5) is 5.69 Å². The number of hydrogen-bond acceptors (Lipinski definition) is 7. The summed E-state index contributed by atoms with van der Waals surface area (Å²) in [6.45, 7) is 1.53. The van der Waals surface area contributed by atoms with Crippen LogP contribution in [-0.4, -0.2) is 33.1 Å². The molecule has 1 amide bonds. The van der Waals surface area contributed by atoms with E-state index in [4.69, 9.17) is 9.26 Å². The zero-order valence-electron chi connectivity index (χ0n) is 16.8. The maximum Gasteiger partial charge on any atom is 0.307 e. The first kappa shape index (κ1) is 20.2. The molecule has 0 radical (unpaired) electrons. The number of fused-ring (bicyclic) bond motifs is 1. The Bertz CT molecular complexity index is 1200. The molecule has 156 valence electrons. The van der Waals surface area contributed by atoms with Crippen molar-refractivity contribution in [3.05, 3.63) is 72.8 Å². The number of aromatic nitrogens is 3. The van der Waals surface area contributed by atoms with Gasteiger partial charge in [-0.3, -0.25) is 14.6 Å². The maximum absolute atomic E-state index is 12.5. The van der Waals surface area contributed by atoms with Gasteiger partial charge >= 0.3 is 5.97 Å². The molecule has 2 aromatic carbocycles. The number of esters is 1. The number of aryl methyl sites for hydroxylation is 1. The average Bonchev–Trinajstić information content (AvgIpc) is 3.28. The summed E-state index contributed by atoms with van der Waals surface area (Å²) < 4.78 is 10.4. The lowest BCUT2D eigenvalue weighted by molar-refractivity contribution is -0.153. The van der Waals surface area contributed by atoms with Gasteiger partial charge in [0.25, 0.3) is 5.91 Å². The van der Waals surface area contributed by atoms with E-state index in [0.717, 1.165) is 10.8 Å². The molecule has 0 aliphatic rings. The van der Waals surface area contributed by atoms with Gasteiger partial charge in [-0.25, -0.2) is 0 Å². The zero-order chi connectivity index (χ0) is 21.6. The second kappa shape index (κ2) is 9.17. The van der Waals surface area contributed by atoms with E-state index in [9.17, 15) is 9.59 Å². The van der Waals surface area contributed by atoms with Gasteiger partial charge in [-0.1, -0.05) is 47.6 Å². The minimum Gasteiger partial charge on any atom is -0.453 e. The number of ether oxygens (including phenoxy) is 1. The van der Waals surface area contributed by atoms with E-state index in [2.05, 4.69) is 20.4 Å². The average molecular weight is 416 g/mol. The fraction of sp³-hybridized carbons (Fsp3) is 0.174. The van der Waals surface area contributed by atoms with Crippen molar-refractivity contribution in [2.24, 2.45) is 0 Å². The molecule has 2 heterocycles. The SMILES string of the molecule is CC(OC(=O)CCc1nc(-c2ccccn2)no1)C(=O)Nc1cccc2ccccc12. The minimum atomic E-state index is -0.946. The number of hydrogen-bond donors (Lipinski definition) is 1. The first-order valence-electron chi connectivity index (χ1n) is 9.82. The Balaban J connectivity index is 1.30. The maximum atomic E-state index is 12.5. The van der Waals surface area contributed by atoms with Crippen molar-refractivity contribution >= 4 is 28.3 Å². The predicted molar refractivity (Wildman–Crippen MR) is 114 cm³/mol. The van der Waals surface area contributed by atoms with E-state index < -0.39 is 18.0 Å². The van der Waals surface area contributed by atoms with Gasteiger partial charge in [-0.2, -0.15) is 4.98 Å². The van der Waals surface area contributed by atoms with Crippen LogP contribution in [0.1, 0.15) is 19.2 Å². The Kier molecular flexibility index (Phi) is 5.98. The van der Waals surface area contributed by atoms with E-state index in [0.29, 0.717) is 23.1 Å². The molecule has 0 saturated carbocycles. The van der Waals surface area contributed by atoms with Crippen LogP contribution in [0.15, 0.2) is 71.4 Å². The molecule has 1 N–H and O–H groups in total. The third-order valence-electron chi connectivity index (χ3n) is 4.63. The van der Waals surface area contributed by atoms with E-state index in [1.54, 1.807) is 18.3 Å². The molecule has 1 unspecified atom stereocenters. The number of nitrogens with zero attached hydrogens (tertiary/aromatic N) is 3. The van der Waals surface area contributed by atoms with Crippen LogP contribution in [0.3, 0.4) is 0 Å². The Hall–Kier alpha value is -4.07. The lowest BCUT2D eigenvalue weighted by Crippen LogP contribution is -2.30. The number of carbonyl (C=O) groups excluding carboxylic acids is 2. The Labute approximate surface area is 178 Å². The van der Waals surface area contributed by atoms with E-state index >= 15 is 0 Å². The van der Waals surface area contributed by atoms with Crippen molar-refractivity contribution < 1.29 is 18.8 Å². The normalized spacial score (nSPS) is 11.8. The van der Waals surface area contributed by atoms with E-state index in [-0.39, 0.29) is 12.8 Å². The second-order valence-corrected chi connectivity index (χ2v) is 6.87. The van der Waals surface area contributed by atoms with Crippen molar-refractivity contribution in [1.82, 2.24) is 15.1 Å². The van der Waals surface area contributed by atoms with Gasteiger partial charge < -0.3 is 14.6 Å². The summed E-state index contributed by atoms with van der Waals surface area (Å²) in [5, 5.41) is 8.60. The van der Waals surface area contributed by atoms with E-state index in [1.165, 1.54) is 6.92 Å². The van der Waals surface area contributed by atoms with Gasteiger partial charge in [-0.05, 0) is 30.5 Å². The number of pyridine rings is 1. The summed E-state index contributed by atoms with van der Waals surface area (Å²) in [6, 6.07) is 18.7. The predicted octanol–water partition coefficient (Wildman–Crippen LogP) is 3.79. The molecule has 1 atom stereocenters. The quantitative estimate of drug-likeness (QED) is 0.457. The van der Waals surface area contributed by atoms with Gasteiger partial charge in [0.05, 0.1) is 6.42 Å². The fourth-order valence-electron chi connectivity index (χ4n) is 3.04. The fourth-order valence-corrected chi connectivity index (χ4v) is 3.04. The summed E-state index contributed by atoms with van der Waals surface area (Å²) >= 11 is 0. The number of benzene rings is 2. The summed E-state index contributed by atoms with van der Waals surface area (Å²) in [4.78, 5) is 33.0. The standard InChI is InChI=1S/C23H20N4O4/c1-15(23(29)25-18-11-6-8-16-7-2-3-9-17(16)18)30-21(28)13-12-20-26-22(27-31-20)19-10-4-5-14-24-19/h2-11,14-15H,12-13H2,1H3,(H,25,29). The van der Waals surface area contributed by atoms with Crippen LogP contribution in [0.5, 0.6) is 0 Å². The monoisotopic (exact) mass is 416 g/mol. The molecule has 0 fully saturated rings. The van der Waals surface area contributed by atoms with Crippen LogP contribution >= 0.6 is 0 Å². The molecular weight excluding hydrogens is 396 g/mol. The number of nitrogens with one attached hydrogen (secondary N) is 1. The molecule has 31 heavy (non-hydrogen) atoms. The lowest BCUT2D eigenvalue weighted by Gasteiger charge is -2.14. The van der Waals surface area contributed by atoms with Crippen LogP contribution < -0.4 is 5.32 Å². The van der Waals surface area contributed by atoms with Crippen LogP contribution in [0.25, 0.3) is 22.3 Å². The van der Waals surface area contributed by atoms with Crippen LogP contribution in [0, 0.1) is 0 Å². The van der Waals surface area contributed by atoms with Gasteiger partial charge in [0.1, 0.15) is 5.69 Å². The molecular formula is C23H20N4O4. The largest absolute Gasteiger partial charge is 0.453 e. The summed E-state index contributed by atoms with van der Waals surface area (Å²) in [6.07, 6.45) is 0.901. The van der Waals surface area contributed by atoms with Crippen molar-refractivity contribution in [2.45, 2.75) is 25.9 Å². The third-order valence-corrected chi connectivity index (χ3v) is 4.63. The molecule has 8 heteroatoms. The Morgan fingerprint density at radius 2 is 1.87 bits per heavy atom. The molecule has 0 aliphatic carbocycles. The van der Waals surface area contributed by atoms with Crippen LogP contribution in [-0.2, 0) is 20.7 Å². The second-order valence-electron chi connectivity index (χ2n) is 6.87. The zero-order valence-corrected chi connectivity index (χ0v) is 16.8. The number of amides is 1. The van der Waals surface area contributed by atoms with Crippen molar-refractivity contribution in [3.8, 4) is 11.5 Å². The summed E-state index contributed by atoms with van der Waals surface area (Å²) in [5.74, 6) is -0.282. The first-order valence-corrected chi connectivity index (χ1v) is 9.82. The highest BCUT2D eigenvalue weighted by molar-refractivity contribution is 6.03. The van der Waals surface area contributed by atoms with Gasteiger partial charge in [0.15, 0.2) is 6.10 Å². The highest BCUT2D eigenvalue weighted by Crippen LogP contribution is 2.23. The van der Waals surface area contributed by atoms with Gasteiger partial charge in [-0.15, -0.1) is 0 Å². The number of carbonyl (C=O) groups is 2. The highest BCUT2D eigenvalue weighted by Gasteiger charge is 2.19. The smallest absolute Gasteiger partial charge is 0.307 e. The van der Waals surface area contributed by atoms with Crippen molar-refractivity contribution in [2.75, 3.05) is 5.32 Å². The van der Waals surface area contributed by atoms with Gasteiger partial charge in [0, 0.05) is 23.7 Å². The first-order chi connectivity index (χ1) is 15.1. The molecule has 4 aromatic rings. The van der Waals surface area contributed by atoms with E-state index in [1.807, 2.05) is 48.5 Å². The summed E-state index contributed by atoms with van der Waals surface area (Å²) in [5.41, 5.74) is 1.25. The molecule has 0 aliphatic heterocycles. The number of rotatable bonds is 7. The Morgan fingerprint density at radius 1 is 1.06 bits per heavy atom. The number of anilines is 1. The molecule has 0 bridgehead atoms. The van der Waals surface area contributed by atoms with Gasteiger partial charge in [0.2, 0.25) is 11.7 Å². The molecule has 0 spiro atoms. The van der Waals surface area contributed by atoms with Crippen LogP contribution in [0.2, 0.25) is 0 Å². The molecule has 4 rings (SSSR count). The van der Waals surface area contributed by atoms with Crippen molar-refractivity contribution in [3.63, 3.8) is 0 Å². The lowest BCUT2D eigenvalue weighted by atomic mass is 10.1. The summed E-state index contributed by atoms with van der Waals surface area (Å²) in [7, 11) is 0. The topological polar surface area (TPSA) is 107 Å². The molecule has 8 nitrogen and oxygen atoms in total. The molecule has 0 saturated heterocycles. The third kappa shape index (κ3) is 4.92. The minimum absolute atomic E-state index is 0.00966. The Morgan fingerprint density at radius 3 is 2.71 bits per heavy atom.